The largest absolute Gasteiger partial charge is 0.467 e. The van der Waals surface area contributed by atoms with Crippen LogP contribution in [0.15, 0.2) is 28.0 Å². The lowest BCUT2D eigenvalue weighted by Crippen LogP contribution is -2.30. The molecule has 0 amide bonds. The van der Waals surface area contributed by atoms with E-state index in [1.54, 1.807) is 11.5 Å². The van der Waals surface area contributed by atoms with Gasteiger partial charge in [-0.2, -0.15) is 0 Å². The van der Waals surface area contributed by atoms with Gasteiger partial charge in [0.15, 0.2) is 18.0 Å². The molecule has 130 valence electrons. The Morgan fingerprint density at radius 2 is 2.20 bits per heavy atom. The number of hydrogen-bond donors (Lipinski definition) is 1. The first kappa shape index (κ1) is 15.6. The van der Waals surface area contributed by atoms with Gasteiger partial charge in [-0.3, -0.25) is 14.3 Å². The van der Waals surface area contributed by atoms with Gasteiger partial charge in [0.2, 0.25) is 0 Å². The van der Waals surface area contributed by atoms with Gasteiger partial charge in [0.25, 0.3) is 5.56 Å². The topological polar surface area (TPSA) is 91.1 Å². The maximum absolute atomic E-state index is 13.9. The summed E-state index contributed by atoms with van der Waals surface area (Å²) in [5.74, 6) is 0.140. The van der Waals surface area contributed by atoms with Gasteiger partial charge >= 0.3 is 5.69 Å². The van der Waals surface area contributed by atoms with Gasteiger partial charge < -0.3 is 14.0 Å². The number of ether oxygens (including phenoxy) is 2. The number of nitrogens with zero attached hydrogens (tertiary/aromatic N) is 3. The minimum absolute atomic E-state index is 0.0896. The number of aromatic amines is 1. The lowest BCUT2D eigenvalue weighted by Gasteiger charge is -2.21. The molecule has 25 heavy (non-hydrogen) atoms. The number of nitrogens with one attached hydrogen (secondary N) is 1. The second-order valence-electron chi connectivity index (χ2n) is 5.71. The maximum Gasteiger partial charge on any atom is 0.330 e. The zero-order valence-electron chi connectivity index (χ0n) is 13.4. The molecule has 0 saturated carbocycles. The van der Waals surface area contributed by atoms with Crippen LogP contribution in [0, 0.1) is 5.82 Å². The molecule has 1 aromatic carbocycles. The first-order valence-electron chi connectivity index (χ1n) is 7.78. The molecule has 0 bridgehead atoms. The van der Waals surface area contributed by atoms with Crippen LogP contribution >= 0.6 is 0 Å². The van der Waals surface area contributed by atoms with E-state index in [9.17, 15) is 14.0 Å². The van der Waals surface area contributed by atoms with E-state index in [-0.39, 0.29) is 25.5 Å². The van der Waals surface area contributed by atoms with Gasteiger partial charge in [0.05, 0.1) is 19.5 Å². The molecular formula is C16H15FN4O4. The van der Waals surface area contributed by atoms with Gasteiger partial charge in [-0.15, -0.1) is 0 Å². The average molecular weight is 346 g/mol. The van der Waals surface area contributed by atoms with Crippen LogP contribution in [0.4, 0.5) is 4.39 Å². The minimum atomic E-state index is -0.531. The van der Waals surface area contributed by atoms with Crippen molar-refractivity contribution in [1.82, 2.24) is 19.1 Å². The van der Waals surface area contributed by atoms with E-state index in [0.29, 0.717) is 29.1 Å². The Morgan fingerprint density at radius 3 is 3.00 bits per heavy atom. The molecule has 0 unspecified atom stereocenters. The Bertz CT molecular complexity index is 1080. The summed E-state index contributed by atoms with van der Waals surface area (Å²) in [5.41, 5.74) is 0.708. The van der Waals surface area contributed by atoms with E-state index < -0.39 is 17.1 Å². The summed E-state index contributed by atoms with van der Waals surface area (Å²) in [6.45, 7) is 2.70. The molecule has 0 fully saturated rings. The molecule has 8 nitrogen and oxygen atoms in total. The second-order valence-corrected chi connectivity index (χ2v) is 5.71. The Kier molecular flexibility index (Phi) is 3.65. The predicted octanol–water partition coefficient (Wildman–Crippen LogP) is 0.960. The molecule has 0 atom stereocenters. The third-order valence-corrected chi connectivity index (χ3v) is 4.16. The van der Waals surface area contributed by atoms with Crippen LogP contribution < -0.4 is 16.0 Å². The van der Waals surface area contributed by atoms with Gasteiger partial charge in [-0.1, -0.05) is 0 Å². The Morgan fingerprint density at radius 1 is 1.36 bits per heavy atom. The van der Waals surface area contributed by atoms with Crippen LogP contribution in [-0.2, 0) is 24.4 Å². The van der Waals surface area contributed by atoms with Crippen molar-refractivity contribution in [2.45, 2.75) is 26.6 Å². The summed E-state index contributed by atoms with van der Waals surface area (Å²) in [7, 11) is 0. The number of fused-ring (bicyclic) bond motifs is 2. The van der Waals surface area contributed by atoms with E-state index in [4.69, 9.17) is 9.47 Å². The first-order chi connectivity index (χ1) is 12.1. The fraction of sp³-hybridized carbons (Fsp3) is 0.312. The normalized spacial score (nSPS) is 13.7. The molecule has 4 rings (SSSR count). The van der Waals surface area contributed by atoms with Crippen molar-refractivity contribution in [3.63, 3.8) is 0 Å². The summed E-state index contributed by atoms with van der Waals surface area (Å²) < 4.78 is 27.5. The molecule has 2 aromatic heterocycles. The standard InChI is InChI=1S/C16H15FN4O4/c1-2-21-14-12(15(22)19-16(21)23)20(7-18-14)5-9-3-11(17)4-10-6-24-8-25-13(9)10/h3-4,7H,2,5-6,8H2,1H3,(H,19,22,23). The number of halogens is 1. The van der Waals surface area contributed by atoms with Gasteiger partial charge in [0, 0.05) is 17.7 Å². The van der Waals surface area contributed by atoms with Crippen molar-refractivity contribution in [2.75, 3.05) is 6.79 Å². The fourth-order valence-corrected chi connectivity index (χ4v) is 3.09. The van der Waals surface area contributed by atoms with Crippen LogP contribution in [0.25, 0.3) is 11.2 Å². The van der Waals surface area contributed by atoms with Crippen molar-refractivity contribution >= 4 is 11.2 Å². The second kappa shape index (κ2) is 5.85. The summed E-state index contributed by atoms with van der Waals surface area (Å²) in [6, 6.07) is 2.73. The van der Waals surface area contributed by atoms with E-state index in [2.05, 4.69) is 9.97 Å². The highest BCUT2D eigenvalue weighted by Gasteiger charge is 2.19. The van der Waals surface area contributed by atoms with Gasteiger partial charge in [-0.05, 0) is 19.1 Å². The predicted molar refractivity (Wildman–Crippen MR) is 86.1 cm³/mol. The molecule has 1 aliphatic heterocycles. The highest BCUT2D eigenvalue weighted by molar-refractivity contribution is 5.70. The van der Waals surface area contributed by atoms with Crippen LogP contribution in [0.3, 0.4) is 0 Å². The number of rotatable bonds is 3. The zero-order valence-corrected chi connectivity index (χ0v) is 13.4. The monoisotopic (exact) mass is 346 g/mol. The quantitative estimate of drug-likeness (QED) is 0.763. The number of H-pyrrole nitrogens is 1. The lowest BCUT2D eigenvalue weighted by molar-refractivity contribution is -0.0173. The van der Waals surface area contributed by atoms with Crippen LogP contribution in [0.5, 0.6) is 5.75 Å². The van der Waals surface area contributed by atoms with Crippen LogP contribution in [-0.4, -0.2) is 25.9 Å². The highest BCUT2D eigenvalue weighted by atomic mass is 19.1. The summed E-state index contributed by atoms with van der Waals surface area (Å²) in [6.07, 6.45) is 1.46. The number of hydrogen-bond acceptors (Lipinski definition) is 5. The van der Waals surface area contributed by atoms with Gasteiger partial charge in [-0.25, -0.2) is 14.2 Å². The maximum atomic E-state index is 13.9. The van der Waals surface area contributed by atoms with Crippen molar-refractivity contribution in [3.05, 3.63) is 56.2 Å². The smallest absolute Gasteiger partial charge is 0.330 e. The van der Waals surface area contributed by atoms with Crippen molar-refractivity contribution in [2.24, 2.45) is 0 Å². The molecule has 1 N–H and O–H groups in total. The summed E-state index contributed by atoms with van der Waals surface area (Å²) in [4.78, 5) is 30.6. The number of benzene rings is 1. The molecule has 0 spiro atoms. The molecule has 1 aliphatic rings. The summed E-state index contributed by atoms with van der Waals surface area (Å²) in [5, 5.41) is 0. The van der Waals surface area contributed by atoms with Gasteiger partial charge in [0.1, 0.15) is 11.6 Å². The molecule has 0 radical (unpaired) electrons. The zero-order chi connectivity index (χ0) is 17.6. The van der Waals surface area contributed by atoms with E-state index >= 15 is 0 Å². The third kappa shape index (κ3) is 2.52. The fourth-order valence-electron chi connectivity index (χ4n) is 3.09. The van der Waals surface area contributed by atoms with Crippen molar-refractivity contribution < 1.29 is 13.9 Å². The van der Waals surface area contributed by atoms with Crippen LogP contribution in [0.1, 0.15) is 18.1 Å². The van der Waals surface area contributed by atoms with Crippen LogP contribution in [0.2, 0.25) is 0 Å². The first-order valence-corrected chi connectivity index (χ1v) is 7.78. The molecule has 3 heterocycles. The number of imidazole rings is 1. The molecular weight excluding hydrogens is 331 g/mol. The SMILES string of the molecule is CCn1c(=O)[nH]c(=O)c2c1ncn2Cc1cc(F)cc2c1OCOC2. The van der Waals surface area contributed by atoms with E-state index in [1.807, 2.05) is 0 Å². The molecule has 3 aromatic rings. The Hall–Kier alpha value is -2.94. The van der Waals surface area contributed by atoms with E-state index in [0.717, 1.165) is 0 Å². The van der Waals surface area contributed by atoms with Crippen molar-refractivity contribution in [1.29, 1.82) is 0 Å². The number of aromatic nitrogens is 4. The Balaban J connectivity index is 1.87. The molecule has 0 aliphatic carbocycles. The van der Waals surface area contributed by atoms with E-state index in [1.165, 1.54) is 23.0 Å². The summed E-state index contributed by atoms with van der Waals surface area (Å²) >= 11 is 0. The average Bonchev–Trinajstić information content (AvgIpc) is 2.99. The van der Waals surface area contributed by atoms with Crippen molar-refractivity contribution in [3.8, 4) is 5.75 Å². The third-order valence-electron chi connectivity index (χ3n) is 4.16. The minimum Gasteiger partial charge on any atom is -0.467 e. The molecule has 9 heteroatoms. The molecule has 0 saturated heterocycles. The number of aryl methyl sites for hydroxylation is 1. The lowest BCUT2D eigenvalue weighted by atomic mass is 10.1. The Labute approximate surface area is 140 Å². The highest BCUT2D eigenvalue weighted by Crippen LogP contribution is 2.30.